The van der Waals surface area contributed by atoms with Crippen molar-refractivity contribution in [3.63, 3.8) is 0 Å². The van der Waals surface area contributed by atoms with E-state index in [4.69, 9.17) is 11.2 Å². The standard InChI is InChI=1S/C16H19O/c1-7-12(3)14-10-9-11-15(13(14)8-2)17-16(4,5)6/h2,7,9-11H,1H2,3-6H3. The van der Waals surface area contributed by atoms with Crippen LogP contribution in [0.15, 0.2) is 30.9 Å². The Morgan fingerprint density at radius 3 is 2.53 bits per heavy atom. The normalized spacial score (nSPS) is 11.1. The fourth-order valence-electron chi connectivity index (χ4n) is 1.53. The van der Waals surface area contributed by atoms with E-state index in [9.17, 15) is 0 Å². The Balaban J connectivity index is 3.25. The maximum absolute atomic E-state index is 5.87. The summed E-state index contributed by atoms with van der Waals surface area (Å²) < 4.78 is 5.87. The molecule has 17 heavy (non-hydrogen) atoms. The zero-order chi connectivity index (χ0) is 13.1. The van der Waals surface area contributed by atoms with E-state index < -0.39 is 0 Å². The Morgan fingerprint density at radius 2 is 2.06 bits per heavy atom. The van der Waals surface area contributed by atoms with E-state index in [-0.39, 0.29) is 5.60 Å². The summed E-state index contributed by atoms with van der Waals surface area (Å²) in [5.41, 5.74) is 1.54. The van der Waals surface area contributed by atoms with E-state index >= 15 is 0 Å². The molecule has 0 saturated carbocycles. The molecule has 0 spiro atoms. The van der Waals surface area contributed by atoms with Crippen molar-refractivity contribution in [2.75, 3.05) is 0 Å². The van der Waals surface area contributed by atoms with Crippen LogP contribution < -0.4 is 4.74 Å². The van der Waals surface area contributed by atoms with Crippen LogP contribution in [0.3, 0.4) is 0 Å². The van der Waals surface area contributed by atoms with Crippen LogP contribution in [0.1, 0.15) is 38.8 Å². The summed E-state index contributed by atoms with van der Waals surface area (Å²) in [7, 11) is 0. The molecule has 1 radical (unpaired) electrons. The van der Waals surface area contributed by atoms with Gasteiger partial charge in [-0.15, -0.1) is 13.0 Å². The number of ether oxygens (including phenoxy) is 1. The molecule has 89 valence electrons. The lowest BCUT2D eigenvalue weighted by atomic mass is 9.95. The molecule has 0 saturated heterocycles. The van der Waals surface area contributed by atoms with Crippen LogP contribution in [0.2, 0.25) is 0 Å². The molecule has 0 bridgehead atoms. The molecule has 1 heteroatoms. The molecule has 0 aromatic heterocycles. The van der Waals surface area contributed by atoms with Crippen molar-refractivity contribution in [1.82, 2.24) is 0 Å². The van der Waals surface area contributed by atoms with E-state index in [2.05, 4.69) is 12.5 Å². The van der Waals surface area contributed by atoms with Crippen LogP contribution in [0.4, 0.5) is 0 Å². The predicted molar refractivity (Wildman–Crippen MR) is 73.0 cm³/mol. The Hall–Kier alpha value is -1.68. The molecule has 0 amide bonds. The van der Waals surface area contributed by atoms with E-state index in [0.29, 0.717) is 0 Å². The third-order valence-electron chi connectivity index (χ3n) is 2.32. The Kier molecular flexibility index (Phi) is 4.02. The van der Waals surface area contributed by atoms with E-state index in [1.807, 2.05) is 45.9 Å². The van der Waals surface area contributed by atoms with Crippen LogP contribution in [-0.4, -0.2) is 5.60 Å². The molecule has 1 aromatic rings. The third-order valence-corrected chi connectivity index (χ3v) is 2.32. The number of benzene rings is 1. The summed E-state index contributed by atoms with van der Waals surface area (Å²) in [4.78, 5) is 0. The smallest absolute Gasteiger partial charge is 0.136 e. The van der Waals surface area contributed by atoms with Gasteiger partial charge in [0.1, 0.15) is 11.4 Å². The van der Waals surface area contributed by atoms with Crippen molar-refractivity contribution in [2.45, 2.75) is 33.3 Å². The second kappa shape index (κ2) is 5.10. The largest absolute Gasteiger partial charge is 0.487 e. The fraction of sp³-hybridized carbons (Fsp3) is 0.312. The lowest BCUT2D eigenvalue weighted by molar-refractivity contribution is 0.130. The van der Waals surface area contributed by atoms with E-state index in [1.165, 1.54) is 0 Å². The van der Waals surface area contributed by atoms with Gasteiger partial charge in [-0.2, -0.15) is 0 Å². The van der Waals surface area contributed by atoms with E-state index in [0.717, 1.165) is 22.8 Å². The predicted octanol–water partition coefficient (Wildman–Crippen LogP) is 3.97. The van der Waals surface area contributed by atoms with Crippen molar-refractivity contribution >= 4 is 0 Å². The fourth-order valence-corrected chi connectivity index (χ4v) is 1.53. The quantitative estimate of drug-likeness (QED) is 0.710. The highest BCUT2D eigenvalue weighted by atomic mass is 16.5. The van der Waals surface area contributed by atoms with Crippen molar-refractivity contribution in [2.24, 2.45) is 0 Å². The first kappa shape index (κ1) is 13.4. The van der Waals surface area contributed by atoms with Gasteiger partial charge in [-0.05, 0) is 32.4 Å². The molecule has 0 atom stereocenters. The third kappa shape index (κ3) is 3.39. The Morgan fingerprint density at radius 1 is 1.41 bits per heavy atom. The molecule has 0 aliphatic heterocycles. The molecule has 0 fully saturated rings. The molecule has 0 N–H and O–H groups in total. The van der Waals surface area contributed by atoms with Gasteiger partial charge in [0, 0.05) is 5.92 Å². The molecule has 0 heterocycles. The second-order valence-electron chi connectivity index (χ2n) is 4.92. The summed E-state index contributed by atoms with van der Waals surface area (Å²) >= 11 is 0. The molecular formula is C16H19O. The minimum atomic E-state index is -0.258. The van der Waals surface area contributed by atoms with Gasteiger partial charge in [0.05, 0.1) is 5.56 Å². The summed E-state index contributed by atoms with van der Waals surface area (Å²) in [6.07, 6.45) is 7.39. The van der Waals surface area contributed by atoms with Gasteiger partial charge < -0.3 is 4.74 Å². The summed E-state index contributed by atoms with van der Waals surface area (Å²) in [6.45, 7) is 11.8. The zero-order valence-electron chi connectivity index (χ0n) is 11.0. The summed E-state index contributed by atoms with van der Waals surface area (Å²) in [5, 5.41) is 0. The van der Waals surface area contributed by atoms with Crippen LogP contribution >= 0.6 is 0 Å². The highest BCUT2D eigenvalue weighted by molar-refractivity contribution is 5.56. The monoisotopic (exact) mass is 227 g/mol. The van der Waals surface area contributed by atoms with Gasteiger partial charge in [-0.3, -0.25) is 0 Å². The Bertz CT molecular complexity index is 444. The molecule has 1 aromatic carbocycles. The van der Waals surface area contributed by atoms with Crippen LogP contribution in [0.5, 0.6) is 5.75 Å². The van der Waals surface area contributed by atoms with Gasteiger partial charge in [0.15, 0.2) is 0 Å². The zero-order valence-corrected chi connectivity index (χ0v) is 11.0. The number of hydrogen-bond donors (Lipinski definition) is 0. The van der Waals surface area contributed by atoms with Gasteiger partial charge in [0.2, 0.25) is 0 Å². The second-order valence-corrected chi connectivity index (χ2v) is 4.92. The first-order valence-corrected chi connectivity index (χ1v) is 5.64. The number of terminal acetylenes is 1. The van der Waals surface area contributed by atoms with Crippen molar-refractivity contribution in [1.29, 1.82) is 0 Å². The average Bonchev–Trinajstić information content (AvgIpc) is 2.25. The molecule has 1 rings (SSSR count). The summed E-state index contributed by atoms with van der Waals surface area (Å²) in [6, 6.07) is 5.84. The highest BCUT2D eigenvalue weighted by Gasteiger charge is 2.17. The molecule has 0 aliphatic carbocycles. The van der Waals surface area contributed by atoms with Crippen LogP contribution in [0, 0.1) is 18.3 Å². The Labute approximate surface area is 105 Å². The first-order valence-electron chi connectivity index (χ1n) is 5.64. The van der Waals surface area contributed by atoms with Gasteiger partial charge in [-0.25, -0.2) is 0 Å². The van der Waals surface area contributed by atoms with Crippen molar-refractivity contribution in [3.05, 3.63) is 47.9 Å². The summed E-state index contributed by atoms with van der Waals surface area (Å²) in [5.74, 6) is 4.51. The topological polar surface area (TPSA) is 9.23 Å². The van der Waals surface area contributed by atoms with Gasteiger partial charge >= 0.3 is 0 Å². The average molecular weight is 227 g/mol. The SMILES string of the molecule is C#Cc1c(OC(C)(C)C)cccc1[C](C)C=C. The van der Waals surface area contributed by atoms with Crippen LogP contribution in [-0.2, 0) is 0 Å². The molecular weight excluding hydrogens is 208 g/mol. The first-order chi connectivity index (χ1) is 7.89. The lowest BCUT2D eigenvalue weighted by Gasteiger charge is -2.23. The lowest BCUT2D eigenvalue weighted by Crippen LogP contribution is -2.23. The maximum Gasteiger partial charge on any atom is 0.136 e. The maximum atomic E-state index is 5.87. The minimum absolute atomic E-state index is 0.258. The van der Waals surface area contributed by atoms with Gasteiger partial charge in [-0.1, -0.05) is 31.1 Å². The van der Waals surface area contributed by atoms with Crippen molar-refractivity contribution in [3.8, 4) is 18.1 Å². The number of rotatable bonds is 3. The van der Waals surface area contributed by atoms with Gasteiger partial charge in [0.25, 0.3) is 0 Å². The minimum Gasteiger partial charge on any atom is -0.487 e. The molecule has 1 nitrogen and oxygen atoms in total. The van der Waals surface area contributed by atoms with Crippen LogP contribution in [0.25, 0.3) is 0 Å². The molecule has 0 unspecified atom stereocenters. The number of allylic oxidation sites excluding steroid dienone is 1. The highest BCUT2D eigenvalue weighted by Crippen LogP contribution is 2.29. The van der Waals surface area contributed by atoms with Crippen molar-refractivity contribution < 1.29 is 4.74 Å². The number of hydrogen-bond acceptors (Lipinski definition) is 1. The molecule has 0 aliphatic rings. The van der Waals surface area contributed by atoms with E-state index in [1.54, 1.807) is 6.08 Å².